The summed E-state index contributed by atoms with van der Waals surface area (Å²) in [4.78, 5) is 23.8. The molecule has 0 saturated carbocycles. The second-order valence-electron chi connectivity index (χ2n) is 6.08. The number of methoxy groups -OCH3 is 2. The van der Waals surface area contributed by atoms with Gasteiger partial charge in [-0.15, -0.1) is 0 Å². The van der Waals surface area contributed by atoms with Crippen LogP contribution < -0.4 is 14.8 Å². The van der Waals surface area contributed by atoms with E-state index in [1.807, 2.05) is 12.1 Å². The number of hydrogen-bond acceptors (Lipinski definition) is 5. The van der Waals surface area contributed by atoms with Gasteiger partial charge in [0, 0.05) is 38.5 Å². The fourth-order valence-corrected chi connectivity index (χ4v) is 2.94. The first-order valence-electron chi connectivity index (χ1n) is 8.34. The van der Waals surface area contributed by atoms with Crippen molar-refractivity contribution in [2.24, 2.45) is 0 Å². The van der Waals surface area contributed by atoms with E-state index in [0.29, 0.717) is 50.4 Å². The van der Waals surface area contributed by atoms with Crippen molar-refractivity contribution in [1.82, 2.24) is 5.32 Å². The highest BCUT2D eigenvalue weighted by atomic mass is 16.5. The predicted octanol–water partition coefficient (Wildman–Crippen LogP) is 1.78. The number of carboxylic acids is 1. The molecule has 1 aliphatic rings. The van der Waals surface area contributed by atoms with E-state index in [1.165, 1.54) is 0 Å². The normalized spacial score (nSPS) is 16.1. The number of hydrogen-bond donors (Lipinski definition) is 2. The first kappa shape index (κ1) is 19.1. The molecule has 2 rings (SSSR count). The lowest BCUT2D eigenvalue weighted by atomic mass is 9.90. The summed E-state index contributed by atoms with van der Waals surface area (Å²) in [6, 6.07) is 5.56. The number of aryl methyl sites for hydroxylation is 1. The van der Waals surface area contributed by atoms with E-state index in [4.69, 9.17) is 14.2 Å². The van der Waals surface area contributed by atoms with Gasteiger partial charge in [0.25, 0.3) is 0 Å². The summed E-state index contributed by atoms with van der Waals surface area (Å²) in [6.07, 6.45) is 2.09. The Morgan fingerprint density at radius 2 is 1.96 bits per heavy atom. The zero-order chi connectivity index (χ0) is 18.3. The van der Waals surface area contributed by atoms with Gasteiger partial charge in [-0.1, -0.05) is 6.07 Å². The molecule has 7 heteroatoms. The van der Waals surface area contributed by atoms with Gasteiger partial charge in [0.15, 0.2) is 0 Å². The summed E-state index contributed by atoms with van der Waals surface area (Å²) in [6.45, 7) is 0.686. The Hall–Kier alpha value is -2.28. The third kappa shape index (κ3) is 4.85. The summed E-state index contributed by atoms with van der Waals surface area (Å²) < 4.78 is 15.7. The van der Waals surface area contributed by atoms with Crippen LogP contribution in [0.3, 0.4) is 0 Å². The Kier molecular flexibility index (Phi) is 6.64. The number of aliphatic carboxylic acids is 1. The highest BCUT2D eigenvalue weighted by molar-refractivity contribution is 5.87. The smallest absolute Gasteiger partial charge is 0.329 e. The average Bonchev–Trinajstić information content (AvgIpc) is 2.62. The van der Waals surface area contributed by atoms with Crippen molar-refractivity contribution in [3.8, 4) is 11.5 Å². The molecule has 25 heavy (non-hydrogen) atoms. The molecule has 0 unspecified atom stereocenters. The molecule has 0 bridgehead atoms. The van der Waals surface area contributed by atoms with Gasteiger partial charge >= 0.3 is 5.97 Å². The van der Waals surface area contributed by atoms with Crippen LogP contribution in [0.1, 0.15) is 31.2 Å². The van der Waals surface area contributed by atoms with Gasteiger partial charge in [-0.2, -0.15) is 0 Å². The molecule has 1 saturated heterocycles. The number of rotatable bonds is 8. The van der Waals surface area contributed by atoms with E-state index in [1.54, 1.807) is 20.3 Å². The third-order valence-corrected chi connectivity index (χ3v) is 4.48. The molecule has 0 radical (unpaired) electrons. The van der Waals surface area contributed by atoms with Crippen LogP contribution in [0, 0.1) is 0 Å². The average molecular weight is 351 g/mol. The van der Waals surface area contributed by atoms with Gasteiger partial charge < -0.3 is 24.6 Å². The van der Waals surface area contributed by atoms with Gasteiger partial charge in [-0.25, -0.2) is 4.79 Å². The molecule has 1 aromatic carbocycles. The number of carbonyl (C=O) groups excluding carboxylic acids is 1. The third-order valence-electron chi connectivity index (χ3n) is 4.48. The summed E-state index contributed by atoms with van der Waals surface area (Å²) >= 11 is 0. The fourth-order valence-electron chi connectivity index (χ4n) is 2.94. The van der Waals surface area contributed by atoms with Crippen LogP contribution >= 0.6 is 0 Å². The minimum atomic E-state index is -1.20. The van der Waals surface area contributed by atoms with Crippen molar-refractivity contribution < 1.29 is 28.9 Å². The van der Waals surface area contributed by atoms with Gasteiger partial charge in [-0.3, -0.25) is 4.79 Å². The molecular weight excluding hydrogens is 326 g/mol. The fraction of sp³-hybridized carbons (Fsp3) is 0.556. The maximum atomic E-state index is 12.2. The standard InChI is InChI=1S/C18H25NO6/c1-23-14-7-6-13(15(12-14)24-2)4-3-5-16(20)19-18(17(21)22)8-10-25-11-9-18/h6-7,12H,3-5,8-11H2,1-2H3,(H,19,20)(H,21,22). The van der Waals surface area contributed by atoms with Crippen molar-refractivity contribution in [2.45, 2.75) is 37.6 Å². The Labute approximate surface area is 147 Å². The topological polar surface area (TPSA) is 94.1 Å². The van der Waals surface area contributed by atoms with E-state index < -0.39 is 11.5 Å². The Balaban J connectivity index is 1.89. The predicted molar refractivity (Wildman–Crippen MR) is 91.0 cm³/mol. The maximum Gasteiger partial charge on any atom is 0.329 e. The highest BCUT2D eigenvalue weighted by Gasteiger charge is 2.41. The summed E-state index contributed by atoms with van der Waals surface area (Å²) in [5.41, 5.74) is -0.220. The molecule has 138 valence electrons. The molecule has 1 fully saturated rings. The zero-order valence-electron chi connectivity index (χ0n) is 14.7. The molecule has 1 heterocycles. The van der Waals surface area contributed by atoms with Crippen LogP contribution in [0.15, 0.2) is 18.2 Å². The van der Waals surface area contributed by atoms with E-state index in [-0.39, 0.29) is 12.3 Å². The van der Waals surface area contributed by atoms with Crippen LogP contribution in [0.5, 0.6) is 11.5 Å². The van der Waals surface area contributed by atoms with Crippen LogP contribution in [-0.2, 0) is 20.7 Å². The van der Waals surface area contributed by atoms with E-state index >= 15 is 0 Å². The van der Waals surface area contributed by atoms with Crippen LogP contribution in [-0.4, -0.2) is 50.0 Å². The summed E-state index contributed by atoms with van der Waals surface area (Å²) in [7, 11) is 3.18. The first-order valence-corrected chi connectivity index (χ1v) is 8.34. The number of carboxylic acid groups (broad SMARTS) is 1. The summed E-state index contributed by atoms with van der Waals surface area (Å²) in [5, 5.41) is 12.2. The second-order valence-corrected chi connectivity index (χ2v) is 6.08. The van der Waals surface area contributed by atoms with E-state index in [0.717, 1.165) is 5.56 Å². The summed E-state index contributed by atoms with van der Waals surface area (Å²) in [5.74, 6) is 0.171. The molecule has 1 amide bonds. The number of amides is 1. The van der Waals surface area contributed by atoms with Crippen molar-refractivity contribution in [2.75, 3.05) is 27.4 Å². The second kappa shape index (κ2) is 8.71. The number of nitrogens with one attached hydrogen (secondary N) is 1. The van der Waals surface area contributed by atoms with Gasteiger partial charge in [0.05, 0.1) is 14.2 Å². The Morgan fingerprint density at radius 1 is 1.24 bits per heavy atom. The van der Waals surface area contributed by atoms with E-state index in [2.05, 4.69) is 5.32 Å². The SMILES string of the molecule is COc1ccc(CCCC(=O)NC2(C(=O)O)CCOCC2)c(OC)c1. The molecule has 0 atom stereocenters. The molecule has 0 spiro atoms. The minimum absolute atomic E-state index is 0.253. The van der Waals surface area contributed by atoms with Crippen molar-refractivity contribution in [1.29, 1.82) is 0 Å². The highest BCUT2D eigenvalue weighted by Crippen LogP contribution is 2.26. The van der Waals surface area contributed by atoms with Gasteiger partial charge in [0.2, 0.25) is 5.91 Å². The van der Waals surface area contributed by atoms with E-state index in [9.17, 15) is 14.7 Å². The zero-order valence-corrected chi connectivity index (χ0v) is 14.7. The van der Waals surface area contributed by atoms with Crippen molar-refractivity contribution in [3.63, 3.8) is 0 Å². The minimum Gasteiger partial charge on any atom is -0.497 e. The first-order chi connectivity index (χ1) is 12.0. The lowest BCUT2D eigenvalue weighted by Gasteiger charge is -2.33. The lowest BCUT2D eigenvalue weighted by Crippen LogP contribution is -2.57. The molecule has 0 aliphatic carbocycles. The molecule has 1 aromatic rings. The van der Waals surface area contributed by atoms with Crippen LogP contribution in [0.4, 0.5) is 0 Å². The quantitative estimate of drug-likeness (QED) is 0.741. The van der Waals surface area contributed by atoms with Gasteiger partial charge in [0.1, 0.15) is 17.0 Å². The maximum absolute atomic E-state index is 12.2. The molecule has 2 N–H and O–H groups in total. The Bertz CT molecular complexity index is 610. The number of carbonyl (C=O) groups is 2. The number of ether oxygens (including phenoxy) is 3. The van der Waals surface area contributed by atoms with Crippen molar-refractivity contribution in [3.05, 3.63) is 23.8 Å². The Morgan fingerprint density at radius 3 is 2.56 bits per heavy atom. The van der Waals surface area contributed by atoms with Crippen molar-refractivity contribution >= 4 is 11.9 Å². The largest absolute Gasteiger partial charge is 0.497 e. The monoisotopic (exact) mass is 351 g/mol. The molecule has 7 nitrogen and oxygen atoms in total. The molecular formula is C18H25NO6. The molecule has 0 aromatic heterocycles. The molecule has 1 aliphatic heterocycles. The van der Waals surface area contributed by atoms with Gasteiger partial charge in [-0.05, 0) is 24.5 Å². The lowest BCUT2D eigenvalue weighted by molar-refractivity contribution is -0.152. The van der Waals surface area contributed by atoms with Crippen LogP contribution in [0.25, 0.3) is 0 Å². The van der Waals surface area contributed by atoms with Crippen LogP contribution in [0.2, 0.25) is 0 Å². The number of benzene rings is 1.